The van der Waals surface area contributed by atoms with Gasteiger partial charge in [-0.05, 0) is 19.1 Å². The van der Waals surface area contributed by atoms with Gasteiger partial charge in [0.05, 0.1) is 6.61 Å². The Kier molecular flexibility index (Phi) is 6.17. The summed E-state index contributed by atoms with van der Waals surface area (Å²) in [7, 11) is -2.61. The predicted octanol–water partition coefficient (Wildman–Crippen LogP) is 1.34. The number of aromatic nitrogens is 2. The van der Waals surface area contributed by atoms with Gasteiger partial charge < -0.3 is 14.4 Å². The van der Waals surface area contributed by atoms with Crippen LogP contribution in [0.5, 0.6) is 5.75 Å². The third-order valence-corrected chi connectivity index (χ3v) is 5.65. The Morgan fingerprint density at radius 1 is 1.36 bits per heavy atom. The van der Waals surface area contributed by atoms with Crippen LogP contribution in [0.1, 0.15) is 18.2 Å². The SMILES string of the molecule is CO[C@@H](C[C@@H]1OP(=O)(Oc2ccccc2)OC[C@H]1O)n1cc(C)c(=O)[nH]c1=O. The molecule has 0 spiro atoms. The van der Waals surface area contributed by atoms with E-state index in [9.17, 15) is 19.3 Å². The number of methoxy groups -OCH3 is 1. The summed E-state index contributed by atoms with van der Waals surface area (Å²) in [6, 6.07) is 8.35. The number of nitrogens with one attached hydrogen (secondary N) is 1. The van der Waals surface area contributed by atoms with Crippen molar-refractivity contribution in [1.82, 2.24) is 9.55 Å². The lowest BCUT2D eigenvalue weighted by Crippen LogP contribution is -2.41. The topological polar surface area (TPSA) is 129 Å². The number of hydrogen-bond acceptors (Lipinski definition) is 8. The van der Waals surface area contributed by atoms with Crippen molar-refractivity contribution in [2.75, 3.05) is 13.7 Å². The molecule has 1 aromatic heterocycles. The summed E-state index contributed by atoms with van der Waals surface area (Å²) < 4.78 is 35.2. The van der Waals surface area contributed by atoms with Crippen LogP contribution in [0.4, 0.5) is 0 Å². The first kappa shape index (κ1) is 20.5. The molecule has 0 saturated carbocycles. The normalized spacial score (nSPS) is 26.0. The van der Waals surface area contributed by atoms with Crippen molar-refractivity contribution in [3.05, 3.63) is 62.9 Å². The highest BCUT2D eigenvalue weighted by Gasteiger charge is 2.42. The highest BCUT2D eigenvalue weighted by molar-refractivity contribution is 7.49. The summed E-state index contributed by atoms with van der Waals surface area (Å²) in [6.07, 6.45) is -1.67. The molecule has 1 aliphatic heterocycles. The van der Waals surface area contributed by atoms with E-state index in [-0.39, 0.29) is 18.8 Å². The molecule has 152 valence electrons. The third-order valence-electron chi connectivity index (χ3n) is 4.22. The van der Waals surface area contributed by atoms with Crippen LogP contribution in [0, 0.1) is 6.92 Å². The van der Waals surface area contributed by atoms with Crippen LogP contribution in [0.25, 0.3) is 0 Å². The molecule has 1 fully saturated rings. The maximum atomic E-state index is 12.8. The zero-order valence-electron chi connectivity index (χ0n) is 15.3. The molecule has 0 bridgehead atoms. The molecule has 1 aliphatic rings. The van der Waals surface area contributed by atoms with E-state index in [1.807, 2.05) is 0 Å². The molecule has 0 radical (unpaired) electrons. The number of nitrogens with zero attached hydrogens (tertiary/aromatic N) is 1. The summed E-state index contributed by atoms with van der Waals surface area (Å²) >= 11 is 0. The van der Waals surface area contributed by atoms with Gasteiger partial charge >= 0.3 is 13.5 Å². The second kappa shape index (κ2) is 8.42. The second-order valence-electron chi connectivity index (χ2n) is 6.26. The van der Waals surface area contributed by atoms with Gasteiger partial charge in [-0.1, -0.05) is 18.2 Å². The summed E-state index contributed by atoms with van der Waals surface area (Å²) in [5.74, 6) is 0.289. The van der Waals surface area contributed by atoms with Crippen molar-refractivity contribution in [2.24, 2.45) is 0 Å². The van der Waals surface area contributed by atoms with Crippen LogP contribution >= 0.6 is 7.82 Å². The van der Waals surface area contributed by atoms with Crippen LogP contribution in [0.15, 0.2) is 46.1 Å². The summed E-state index contributed by atoms with van der Waals surface area (Å²) in [4.78, 5) is 25.8. The van der Waals surface area contributed by atoms with E-state index in [2.05, 4.69) is 4.98 Å². The van der Waals surface area contributed by atoms with Gasteiger partial charge in [0.1, 0.15) is 24.2 Å². The van der Waals surface area contributed by atoms with Gasteiger partial charge in [0.25, 0.3) is 5.56 Å². The quantitative estimate of drug-likeness (QED) is 0.680. The second-order valence-corrected chi connectivity index (χ2v) is 7.81. The Morgan fingerprint density at radius 2 is 2.07 bits per heavy atom. The minimum atomic E-state index is -3.98. The first-order valence-corrected chi connectivity index (χ1v) is 9.98. The van der Waals surface area contributed by atoms with E-state index in [4.69, 9.17) is 18.3 Å². The lowest BCUT2D eigenvalue weighted by Gasteiger charge is -2.34. The van der Waals surface area contributed by atoms with E-state index in [0.29, 0.717) is 5.56 Å². The number of phosphoric acid groups is 1. The van der Waals surface area contributed by atoms with Crippen molar-refractivity contribution in [1.29, 1.82) is 0 Å². The zero-order chi connectivity index (χ0) is 20.3. The van der Waals surface area contributed by atoms with Crippen molar-refractivity contribution in [3.63, 3.8) is 0 Å². The fourth-order valence-electron chi connectivity index (χ4n) is 2.72. The van der Waals surface area contributed by atoms with E-state index in [1.165, 1.54) is 17.9 Å². The molecule has 10 nitrogen and oxygen atoms in total. The number of para-hydroxylation sites is 1. The zero-order valence-corrected chi connectivity index (χ0v) is 16.2. The van der Waals surface area contributed by atoms with E-state index in [0.717, 1.165) is 0 Å². The Labute approximate surface area is 160 Å². The van der Waals surface area contributed by atoms with Crippen LogP contribution in [0.3, 0.4) is 0 Å². The Bertz CT molecular complexity index is 973. The minimum absolute atomic E-state index is 0.0332. The van der Waals surface area contributed by atoms with E-state index < -0.39 is 37.5 Å². The maximum absolute atomic E-state index is 12.8. The van der Waals surface area contributed by atoms with Crippen molar-refractivity contribution < 1.29 is 28.0 Å². The maximum Gasteiger partial charge on any atom is 0.530 e. The average molecular weight is 412 g/mol. The number of aryl methyl sites for hydroxylation is 1. The average Bonchev–Trinajstić information content (AvgIpc) is 2.66. The van der Waals surface area contributed by atoms with Crippen LogP contribution < -0.4 is 15.8 Å². The van der Waals surface area contributed by atoms with Gasteiger partial charge in [-0.3, -0.25) is 23.4 Å². The Morgan fingerprint density at radius 3 is 2.75 bits per heavy atom. The number of H-pyrrole nitrogens is 1. The first-order chi connectivity index (χ1) is 13.3. The largest absolute Gasteiger partial charge is 0.530 e. The predicted molar refractivity (Wildman–Crippen MR) is 98.2 cm³/mol. The molecule has 11 heteroatoms. The van der Waals surface area contributed by atoms with Crippen molar-refractivity contribution in [2.45, 2.75) is 31.8 Å². The fourth-order valence-corrected chi connectivity index (χ4v) is 4.15. The van der Waals surface area contributed by atoms with Gasteiger partial charge in [-0.2, -0.15) is 0 Å². The molecule has 1 unspecified atom stereocenters. The fraction of sp³-hybridized carbons (Fsp3) is 0.412. The molecule has 0 aliphatic carbocycles. The summed E-state index contributed by atoms with van der Waals surface area (Å²) in [5, 5.41) is 10.2. The lowest BCUT2D eigenvalue weighted by atomic mass is 10.1. The van der Waals surface area contributed by atoms with Gasteiger partial charge in [0.15, 0.2) is 0 Å². The monoisotopic (exact) mass is 412 g/mol. The number of phosphoric ester groups is 1. The summed E-state index contributed by atoms with van der Waals surface area (Å²) in [6.45, 7) is 1.27. The minimum Gasteiger partial charge on any atom is -0.404 e. The molecule has 28 heavy (non-hydrogen) atoms. The van der Waals surface area contributed by atoms with Gasteiger partial charge in [-0.25, -0.2) is 9.36 Å². The van der Waals surface area contributed by atoms with E-state index >= 15 is 0 Å². The van der Waals surface area contributed by atoms with Crippen LogP contribution in [0.2, 0.25) is 0 Å². The number of hydrogen-bond donors (Lipinski definition) is 2. The molecule has 2 aromatic rings. The van der Waals surface area contributed by atoms with Gasteiger partial charge in [-0.15, -0.1) is 0 Å². The Balaban J connectivity index is 1.79. The summed E-state index contributed by atoms with van der Waals surface area (Å²) in [5.41, 5.74) is -0.861. The Hall–Kier alpha value is -2.23. The van der Waals surface area contributed by atoms with E-state index in [1.54, 1.807) is 37.3 Å². The van der Waals surface area contributed by atoms with Crippen LogP contribution in [-0.2, 0) is 18.3 Å². The molecule has 2 heterocycles. The number of rotatable bonds is 6. The number of ether oxygens (including phenoxy) is 1. The standard InChI is InChI=1S/C17H21N2O8P/c1-11-9-19(17(22)18-16(11)21)15(24-2)8-14-13(20)10-25-28(23,27-14)26-12-6-4-3-5-7-12/h3-7,9,13-15,20H,8,10H2,1-2H3,(H,18,21,22)/t13-,14+,15+,28?/m1/s1. The molecule has 0 amide bonds. The molecule has 1 aromatic carbocycles. The van der Waals surface area contributed by atoms with Crippen molar-refractivity contribution in [3.8, 4) is 5.75 Å². The molecular formula is C17H21N2O8P. The molecule has 4 atom stereocenters. The van der Waals surface area contributed by atoms with Gasteiger partial charge in [0, 0.05) is 25.3 Å². The molecule has 3 rings (SSSR count). The number of aromatic amines is 1. The number of benzene rings is 1. The third kappa shape index (κ3) is 4.60. The number of aliphatic hydroxyl groups is 1. The molecule has 1 saturated heterocycles. The smallest absolute Gasteiger partial charge is 0.404 e. The molecular weight excluding hydrogens is 391 g/mol. The molecule has 2 N–H and O–H groups in total. The van der Waals surface area contributed by atoms with Crippen molar-refractivity contribution >= 4 is 7.82 Å². The van der Waals surface area contributed by atoms with Crippen LogP contribution in [-0.4, -0.2) is 40.6 Å². The highest BCUT2D eigenvalue weighted by Crippen LogP contribution is 2.54. The van der Waals surface area contributed by atoms with Gasteiger partial charge in [0.2, 0.25) is 0 Å². The number of aliphatic hydroxyl groups excluding tert-OH is 1. The highest BCUT2D eigenvalue weighted by atomic mass is 31.2. The first-order valence-electron chi connectivity index (χ1n) is 8.52. The lowest BCUT2D eigenvalue weighted by molar-refractivity contribution is -0.0854.